The molecule has 1 unspecified atom stereocenters. The van der Waals surface area contributed by atoms with Crippen molar-refractivity contribution < 1.29 is 9.13 Å². The van der Waals surface area contributed by atoms with Crippen LogP contribution in [-0.4, -0.2) is 31.7 Å². The predicted octanol–water partition coefficient (Wildman–Crippen LogP) is 2.15. The van der Waals surface area contributed by atoms with Crippen LogP contribution in [0.25, 0.3) is 0 Å². The molecule has 106 valence electrons. The van der Waals surface area contributed by atoms with Gasteiger partial charge in [0.25, 0.3) is 0 Å². The average molecular weight is 379 g/mol. The van der Waals surface area contributed by atoms with E-state index in [1.807, 2.05) is 6.92 Å². The highest BCUT2D eigenvalue weighted by molar-refractivity contribution is 14.0. The number of ether oxygens (including phenoxy) is 1. The maximum absolute atomic E-state index is 13.4. The highest BCUT2D eigenvalue weighted by Crippen LogP contribution is 2.16. The second kappa shape index (κ2) is 8.19. The third-order valence-corrected chi connectivity index (χ3v) is 2.62. The molecule has 0 bridgehead atoms. The zero-order valence-corrected chi connectivity index (χ0v) is 13.2. The van der Waals surface area contributed by atoms with Gasteiger partial charge in [-0.2, -0.15) is 0 Å². The van der Waals surface area contributed by atoms with Gasteiger partial charge in [-0.05, 0) is 25.5 Å². The lowest BCUT2D eigenvalue weighted by Gasteiger charge is -2.19. The first-order valence-electron chi connectivity index (χ1n) is 6.19. The first-order valence-corrected chi connectivity index (χ1v) is 6.19. The van der Waals surface area contributed by atoms with Gasteiger partial charge in [-0.25, -0.2) is 4.39 Å². The molecule has 1 aliphatic rings. The van der Waals surface area contributed by atoms with E-state index in [4.69, 9.17) is 4.74 Å². The van der Waals surface area contributed by atoms with Crippen molar-refractivity contribution in [1.82, 2.24) is 10.6 Å². The molecule has 6 heteroatoms. The third kappa shape index (κ3) is 5.22. The van der Waals surface area contributed by atoms with Crippen LogP contribution in [0, 0.1) is 5.82 Å². The van der Waals surface area contributed by atoms with Crippen LogP contribution in [0.1, 0.15) is 13.3 Å². The SMILES string of the molecule is CC(CNC1=NCCCN1)Oc1ccccc1F.I. The molecule has 0 spiro atoms. The number of para-hydroxylation sites is 1. The van der Waals surface area contributed by atoms with Crippen LogP contribution >= 0.6 is 24.0 Å². The zero-order valence-electron chi connectivity index (χ0n) is 10.9. The number of hydrogen-bond acceptors (Lipinski definition) is 4. The Morgan fingerprint density at radius 3 is 2.95 bits per heavy atom. The number of halogens is 2. The van der Waals surface area contributed by atoms with Crippen molar-refractivity contribution in [1.29, 1.82) is 0 Å². The van der Waals surface area contributed by atoms with Crippen molar-refractivity contribution in [2.24, 2.45) is 4.99 Å². The molecule has 0 fully saturated rings. The topological polar surface area (TPSA) is 45.7 Å². The number of hydrogen-bond donors (Lipinski definition) is 2. The predicted molar refractivity (Wildman–Crippen MR) is 84.8 cm³/mol. The summed E-state index contributed by atoms with van der Waals surface area (Å²) >= 11 is 0. The summed E-state index contributed by atoms with van der Waals surface area (Å²) in [6, 6.07) is 6.42. The van der Waals surface area contributed by atoms with Crippen LogP contribution in [0.5, 0.6) is 5.75 Å². The number of aliphatic imine (C=N–C) groups is 1. The van der Waals surface area contributed by atoms with Crippen LogP contribution in [0.15, 0.2) is 29.3 Å². The van der Waals surface area contributed by atoms with E-state index in [9.17, 15) is 4.39 Å². The Kier molecular flexibility index (Phi) is 6.90. The average Bonchev–Trinajstić information content (AvgIpc) is 2.40. The van der Waals surface area contributed by atoms with Gasteiger partial charge in [0, 0.05) is 13.1 Å². The Labute approximate surface area is 129 Å². The fourth-order valence-electron chi connectivity index (χ4n) is 1.69. The van der Waals surface area contributed by atoms with E-state index in [-0.39, 0.29) is 41.6 Å². The van der Waals surface area contributed by atoms with Crippen molar-refractivity contribution in [3.8, 4) is 5.75 Å². The molecule has 1 aliphatic heterocycles. The molecule has 0 aliphatic carbocycles. The molecule has 1 heterocycles. The van der Waals surface area contributed by atoms with E-state index in [2.05, 4.69) is 15.6 Å². The third-order valence-electron chi connectivity index (χ3n) is 2.62. The minimum atomic E-state index is -0.336. The van der Waals surface area contributed by atoms with E-state index in [0.29, 0.717) is 6.54 Å². The summed E-state index contributed by atoms with van der Waals surface area (Å²) in [6.07, 6.45) is 0.931. The van der Waals surface area contributed by atoms with Gasteiger partial charge in [0.15, 0.2) is 17.5 Å². The standard InChI is InChI=1S/C13H18FN3O.HI/c1-10(9-17-13-15-7-4-8-16-13)18-12-6-3-2-5-11(12)14;/h2-3,5-6,10H,4,7-9H2,1H3,(H2,15,16,17);1H. The van der Waals surface area contributed by atoms with Crippen LogP contribution in [-0.2, 0) is 0 Å². The van der Waals surface area contributed by atoms with Crippen molar-refractivity contribution in [3.63, 3.8) is 0 Å². The lowest BCUT2D eigenvalue weighted by atomic mass is 10.3. The quantitative estimate of drug-likeness (QED) is 0.789. The van der Waals surface area contributed by atoms with Gasteiger partial charge in [-0.3, -0.25) is 4.99 Å². The van der Waals surface area contributed by atoms with Crippen LogP contribution in [0.3, 0.4) is 0 Å². The van der Waals surface area contributed by atoms with Gasteiger partial charge in [0.2, 0.25) is 0 Å². The van der Waals surface area contributed by atoms with E-state index < -0.39 is 0 Å². The number of guanidine groups is 1. The minimum Gasteiger partial charge on any atom is -0.486 e. The van der Waals surface area contributed by atoms with Gasteiger partial charge in [-0.15, -0.1) is 24.0 Å². The van der Waals surface area contributed by atoms with Gasteiger partial charge in [-0.1, -0.05) is 12.1 Å². The van der Waals surface area contributed by atoms with Crippen LogP contribution < -0.4 is 15.4 Å². The molecule has 2 rings (SSSR count). The molecule has 1 aromatic rings. The molecule has 0 saturated heterocycles. The van der Waals surface area contributed by atoms with Crippen LogP contribution in [0.4, 0.5) is 4.39 Å². The van der Waals surface area contributed by atoms with Gasteiger partial charge >= 0.3 is 0 Å². The Bertz CT molecular complexity index is 428. The number of benzene rings is 1. The summed E-state index contributed by atoms with van der Waals surface area (Å²) in [4.78, 5) is 4.29. The fraction of sp³-hybridized carbons (Fsp3) is 0.462. The molecule has 0 aromatic heterocycles. The fourth-order valence-corrected chi connectivity index (χ4v) is 1.69. The van der Waals surface area contributed by atoms with Crippen molar-refractivity contribution in [2.75, 3.05) is 19.6 Å². The van der Waals surface area contributed by atoms with E-state index in [1.54, 1.807) is 18.2 Å². The summed E-state index contributed by atoms with van der Waals surface area (Å²) in [5.74, 6) is 0.744. The summed E-state index contributed by atoms with van der Waals surface area (Å²) < 4.78 is 18.9. The smallest absolute Gasteiger partial charge is 0.191 e. The molecule has 1 atom stereocenters. The van der Waals surface area contributed by atoms with Crippen LogP contribution in [0.2, 0.25) is 0 Å². The molecular formula is C13H19FIN3O. The van der Waals surface area contributed by atoms with Crippen molar-refractivity contribution in [3.05, 3.63) is 30.1 Å². The lowest BCUT2D eigenvalue weighted by molar-refractivity contribution is 0.214. The lowest BCUT2D eigenvalue weighted by Crippen LogP contribution is -2.44. The Morgan fingerprint density at radius 1 is 1.47 bits per heavy atom. The van der Waals surface area contributed by atoms with Gasteiger partial charge in [0.1, 0.15) is 6.10 Å². The molecular weight excluding hydrogens is 360 g/mol. The Hall–Kier alpha value is -1.05. The molecule has 1 aromatic carbocycles. The molecule has 2 N–H and O–H groups in total. The molecule has 4 nitrogen and oxygen atoms in total. The monoisotopic (exact) mass is 379 g/mol. The zero-order chi connectivity index (χ0) is 12.8. The number of nitrogens with one attached hydrogen (secondary N) is 2. The van der Waals surface area contributed by atoms with Crippen molar-refractivity contribution in [2.45, 2.75) is 19.4 Å². The molecule has 0 amide bonds. The summed E-state index contributed by atoms with van der Waals surface area (Å²) in [5.41, 5.74) is 0. The maximum atomic E-state index is 13.4. The number of rotatable bonds is 4. The first-order chi connectivity index (χ1) is 8.75. The van der Waals surface area contributed by atoms with E-state index >= 15 is 0 Å². The largest absolute Gasteiger partial charge is 0.486 e. The maximum Gasteiger partial charge on any atom is 0.191 e. The highest BCUT2D eigenvalue weighted by atomic mass is 127. The number of nitrogens with zero attached hydrogens (tertiary/aromatic N) is 1. The van der Waals surface area contributed by atoms with E-state index in [0.717, 1.165) is 25.5 Å². The minimum absolute atomic E-state index is 0. The second-order valence-electron chi connectivity index (χ2n) is 4.25. The Morgan fingerprint density at radius 2 is 2.26 bits per heavy atom. The molecule has 0 saturated carbocycles. The summed E-state index contributed by atoms with van der Waals surface area (Å²) in [7, 11) is 0. The van der Waals surface area contributed by atoms with Crippen molar-refractivity contribution >= 4 is 29.9 Å². The normalized spacial score (nSPS) is 15.6. The highest BCUT2D eigenvalue weighted by Gasteiger charge is 2.09. The molecule has 19 heavy (non-hydrogen) atoms. The summed E-state index contributed by atoms with van der Waals surface area (Å²) in [6.45, 7) is 4.26. The van der Waals surface area contributed by atoms with Gasteiger partial charge in [0.05, 0.1) is 6.54 Å². The van der Waals surface area contributed by atoms with Gasteiger partial charge < -0.3 is 15.4 Å². The Balaban J connectivity index is 0.00000180. The van der Waals surface area contributed by atoms with E-state index in [1.165, 1.54) is 6.07 Å². The molecule has 0 radical (unpaired) electrons. The first kappa shape index (κ1) is 16.0. The summed E-state index contributed by atoms with van der Waals surface area (Å²) in [5, 5.41) is 6.31. The second-order valence-corrected chi connectivity index (χ2v) is 4.25.